The van der Waals surface area contributed by atoms with E-state index < -0.39 is 0 Å². The van der Waals surface area contributed by atoms with Gasteiger partial charge in [-0.05, 0) is 62.9 Å². The van der Waals surface area contributed by atoms with E-state index in [0.717, 1.165) is 17.9 Å². The van der Waals surface area contributed by atoms with Crippen LogP contribution in [0.2, 0.25) is 0 Å². The molecule has 2 aromatic rings. The highest BCUT2D eigenvalue weighted by atomic mass is 16.5. The van der Waals surface area contributed by atoms with Crippen molar-refractivity contribution >= 4 is 5.91 Å². The van der Waals surface area contributed by atoms with Crippen LogP contribution in [0, 0.1) is 5.92 Å². The van der Waals surface area contributed by atoms with Crippen LogP contribution in [0.25, 0.3) is 11.3 Å². The molecule has 0 saturated carbocycles. The Bertz CT molecular complexity index is 786. The smallest absolute Gasteiger partial charge is 0.269 e. The number of aromatic amines is 1. The molecule has 2 N–H and O–H groups in total. The van der Waals surface area contributed by atoms with E-state index in [9.17, 15) is 4.79 Å². The normalized spacial score (nSPS) is 22.9. The standard InChI is InChI=1S/C21H28N4O2/c1-27-20-10-3-2-8-16(20)17-13-18(24-23-17)21(26)22-14-15-7-6-12-25-11-5-4-9-19(15)25/h2-3,8,10,13,15,19H,4-7,9,11-12,14H2,1H3,(H,22,26)(H,23,24)/t15-,19-/m0/s1. The Morgan fingerprint density at radius 1 is 1.26 bits per heavy atom. The fraction of sp³-hybridized carbons (Fsp3) is 0.524. The molecule has 1 amide bonds. The number of benzene rings is 1. The third-order valence-electron chi connectivity index (χ3n) is 5.96. The summed E-state index contributed by atoms with van der Waals surface area (Å²) >= 11 is 0. The predicted octanol–water partition coefficient (Wildman–Crippen LogP) is 3.08. The number of H-pyrrole nitrogens is 1. The average molecular weight is 368 g/mol. The molecule has 1 aromatic heterocycles. The maximum atomic E-state index is 12.6. The van der Waals surface area contributed by atoms with Crippen molar-refractivity contribution in [3.8, 4) is 17.0 Å². The lowest BCUT2D eigenvalue weighted by Crippen LogP contribution is -2.51. The summed E-state index contributed by atoms with van der Waals surface area (Å²) in [6.07, 6.45) is 6.34. The number of para-hydroxylation sites is 1. The SMILES string of the molecule is COc1ccccc1-c1cc(C(=O)NC[C@@H]2CCCN3CCCC[C@@H]23)[nH]n1. The molecule has 4 rings (SSSR count). The van der Waals surface area contributed by atoms with Crippen LogP contribution in [0.15, 0.2) is 30.3 Å². The number of nitrogens with one attached hydrogen (secondary N) is 2. The van der Waals surface area contributed by atoms with Crippen LogP contribution in [0.1, 0.15) is 42.6 Å². The Kier molecular flexibility index (Phi) is 5.43. The maximum absolute atomic E-state index is 12.6. The summed E-state index contributed by atoms with van der Waals surface area (Å²) in [6.45, 7) is 3.18. The van der Waals surface area contributed by atoms with Crippen molar-refractivity contribution in [3.05, 3.63) is 36.0 Å². The first-order valence-electron chi connectivity index (χ1n) is 9.97. The minimum absolute atomic E-state index is 0.0865. The number of amides is 1. The molecule has 2 atom stereocenters. The van der Waals surface area contributed by atoms with Crippen molar-refractivity contribution in [1.82, 2.24) is 20.4 Å². The van der Waals surface area contributed by atoms with E-state index in [2.05, 4.69) is 20.4 Å². The van der Waals surface area contributed by atoms with Gasteiger partial charge in [0.05, 0.1) is 12.8 Å². The number of carbonyl (C=O) groups is 1. The van der Waals surface area contributed by atoms with Gasteiger partial charge in [0, 0.05) is 18.2 Å². The first-order valence-corrected chi connectivity index (χ1v) is 9.97. The number of nitrogens with zero attached hydrogens (tertiary/aromatic N) is 2. The Labute approximate surface area is 160 Å². The van der Waals surface area contributed by atoms with Crippen LogP contribution in [0.5, 0.6) is 5.75 Å². The minimum atomic E-state index is -0.0865. The minimum Gasteiger partial charge on any atom is -0.496 e. The molecule has 3 heterocycles. The molecule has 6 heteroatoms. The molecule has 0 radical (unpaired) electrons. The average Bonchev–Trinajstić information content (AvgIpc) is 3.22. The second-order valence-electron chi connectivity index (χ2n) is 7.58. The number of fused-ring (bicyclic) bond motifs is 1. The van der Waals surface area contributed by atoms with E-state index in [1.807, 2.05) is 24.3 Å². The number of hydrogen-bond donors (Lipinski definition) is 2. The van der Waals surface area contributed by atoms with E-state index in [-0.39, 0.29) is 5.91 Å². The van der Waals surface area contributed by atoms with E-state index >= 15 is 0 Å². The quantitative estimate of drug-likeness (QED) is 0.851. The summed E-state index contributed by atoms with van der Waals surface area (Å²) in [7, 11) is 1.64. The number of ether oxygens (including phenoxy) is 1. The van der Waals surface area contributed by atoms with Crippen LogP contribution in [0.3, 0.4) is 0 Å². The number of methoxy groups -OCH3 is 1. The van der Waals surface area contributed by atoms with Crippen molar-refractivity contribution in [2.75, 3.05) is 26.7 Å². The monoisotopic (exact) mass is 368 g/mol. The summed E-state index contributed by atoms with van der Waals surface area (Å²) in [5.41, 5.74) is 2.08. The molecule has 2 aliphatic heterocycles. The topological polar surface area (TPSA) is 70.2 Å². The van der Waals surface area contributed by atoms with Crippen molar-refractivity contribution < 1.29 is 9.53 Å². The highest BCUT2D eigenvalue weighted by molar-refractivity contribution is 5.93. The molecule has 1 aromatic carbocycles. The second-order valence-corrected chi connectivity index (χ2v) is 7.58. The van der Waals surface area contributed by atoms with Gasteiger partial charge in [0.25, 0.3) is 5.91 Å². The van der Waals surface area contributed by atoms with Crippen molar-refractivity contribution in [2.24, 2.45) is 5.92 Å². The fourth-order valence-corrected chi connectivity index (χ4v) is 4.57. The molecule has 0 bridgehead atoms. The number of hydrogen-bond acceptors (Lipinski definition) is 4. The second kappa shape index (κ2) is 8.13. The van der Waals surface area contributed by atoms with Crippen LogP contribution < -0.4 is 10.1 Å². The number of carbonyl (C=O) groups excluding carboxylic acids is 1. The van der Waals surface area contributed by atoms with E-state index in [1.165, 1.54) is 45.2 Å². The highest BCUT2D eigenvalue weighted by Crippen LogP contribution is 2.31. The van der Waals surface area contributed by atoms with Gasteiger partial charge in [0.1, 0.15) is 11.4 Å². The molecule has 6 nitrogen and oxygen atoms in total. The first kappa shape index (κ1) is 18.0. The zero-order valence-electron chi connectivity index (χ0n) is 15.9. The first-order chi connectivity index (χ1) is 13.3. The van der Waals surface area contributed by atoms with E-state index in [0.29, 0.717) is 23.3 Å². The van der Waals surface area contributed by atoms with E-state index in [1.54, 1.807) is 13.2 Å². The van der Waals surface area contributed by atoms with Gasteiger partial charge in [0.2, 0.25) is 0 Å². The van der Waals surface area contributed by atoms with Gasteiger partial charge in [0.15, 0.2) is 0 Å². The maximum Gasteiger partial charge on any atom is 0.269 e. The third kappa shape index (κ3) is 3.86. The zero-order valence-corrected chi connectivity index (χ0v) is 15.9. The molecule has 0 unspecified atom stereocenters. The van der Waals surface area contributed by atoms with Gasteiger partial charge in [-0.15, -0.1) is 0 Å². The predicted molar refractivity (Wildman–Crippen MR) is 105 cm³/mol. The van der Waals surface area contributed by atoms with Gasteiger partial charge in [-0.3, -0.25) is 9.89 Å². The molecular formula is C21H28N4O2. The zero-order chi connectivity index (χ0) is 18.6. The highest BCUT2D eigenvalue weighted by Gasteiger charge is 2.33. The molecule has 2 aliphatic rings. The molecule has 2 fully saturated rings. The van der Waals surface area contributed by atoms with Crippen LogP contribution in [-0.4, -0.2) is 53.8 Å². The Morgan fingerprint density at radius 3 is 3.00 bits per heavy atom. The van der Waals surface area contributed by atoms with E-state index in [4.69, 9.17) is 4.74 Å². The van der Waals surface area contributed by atoms with Crippen molar-refractivity contribution in [2.45, 2.75) is 38.1 Å². The molecular weight excluding hydrogens is 340 g/mol. The molecule has 0 spiro atoms. The van der Waals surface area contributed by atoms with Crippen molar-refractivity contribution in [3.63, 3.8) is 0 Å². The van der Waals surface area contributed by atoms with Crippen LogP contribution >= 0.6 is 0 Å². The van der Waals surface area contributed by atoms with Gasteiger partial charge in [-0.2, -0.15) is 5.10 Å². The molecule has 2 saturated heterocycles. The lowest BCUT2D eigenvalue weighted by molar-refractivity contribution is 0.0575. The lowest BCUT2D eigenvalue weighted by Gasteiger charge is -2.44. The van der Waals surface area contributed by atoms with Gasteiger partial charge < -0.3 is 15.0 Å². The van der Waals surface area contributed by atoms with Crippen molar-refractivity contribution in [1.29, 1.82) is 0 Å². The molecule has 27 heavy (non-hydrogen) atoms. The lowest BCUT2D eigenvalue weighted by atomic mass is 9.83. The summed E-state index contributed by atoms with van der Waals surface area (Å²) in [6, 6.07) is 10.1. The number of piperidine rings is 2. The summed E-state index contributed by atoms with van der Waals surface area (Å²) < 4.78 is 5.39. The van der Waals surface area contributed by atoms with Crippen LogP contribution in [-0.2, 0) is 0 Å². The fourth-order valence-electron chi connectivity index (χ4n) is 4.57. The number of rotatable bonds is 5. The van der Waals surface area contributed by atoms with Gasteiger partial charge in [-0.1, -0.05) is 18.6 Å². The summed E-state index contributed by atoms with van der Waals surface area (Å²) in [4.78, 5) is 15.2. The number of aromatic nitrogens is 2. The Hall–Kier alpha value is -2.34. The Balaban J connectivity index is 1.40. The van der Waals surface area contributed by atoms with Gasteiger partial charge in [-0.25, -0.2) is 0 Å². The Morgan fingerprint density at radius 2 is 2.11 bits per heavy atom. The van der Waals surface area contributed by atoms with Crippen LogP contribution in [0.4, 0.5) is 0 Å². The largest absolute Gasteiger partial charge is 0.496 e. The molecule has 0 aliphatic carbocycles. The summed E-state index contributed by atoms with van der Waals surface area (Å²) in [5.74, 6) is 1.21. The third-order valence-corrected chi connectivity index (χ3v) is 5.96. The van der Waals surface area contributed by atoms with Gasteiger partial charge >= 0.3 is 0 Å². The summed E-state index contributed by atoms with van der Waals surface area (Å²) in [5, 5.41) is 10.3. The molecule has 144 valence electrons.